The minimum absolute atomic E-state index is 0.0430. The molecule has 8 heteroatoms. The Bertz CT molecular complexity index is 1610. The molecular weight excluding hydrogens is 492 g/mol. The van der Waals surface area contributed by atoms with E-state index >= 15 is 0 Å². The summed E-state index contributed by atoms with van der Waals surface area (Å²) < 4.78 is 9.07. The van der Waals surface area contributed by atoms with Gasteiger partial charge in [0, 0.05) is 40.3 Å². The Hall–Kier alpha value is -3.13. The lowest BCUT2D eigenvalue weighted by atomic mass is 9.90. The van der Waals surface area contributed by atoms with Crippen molar-refractivity contribution in [2.24, 2.45) is 7.05 Å². The van der Waals surface area contributed by atoms with Crippen LogP contribution in [0.1, 0.15) is 44.9 Å². The molecule has 5 aromatic rings. The van der Waals surface area contributed by atoms with Gasteiger partial charge in [-0.05, 0) is 70.0 Å². The lowest BCUT2D eigenvalue weighted by Crippen LogP contribution is -2.27. The maximum absolute atomic E-state index is 12.9. The summed E-state index contributed by atoms with van der Waals surface area (Å²) in [6.45, 7) is 9.48. The Morgan fingerprint density at radius 1 is 1.11 bits per heavy atom. The molecule has 1 atom stereocenters. The molecule has 6 nitrogen and oxygen atoms in total. The standard InChI is InChI=1S/C28H27ClN4O2S/c1-15-11-21-25(36-27(32-21)19-12-18-14-31-33(6)26(18)30-13-19)23(17-7-9-20(29)10-8-17)22(15)24(16(2)34)35-28(3,4)5/h7-14,24H,1-6H3/t24-/m1/s1. The van der Waals surface area contributed by atoms with Crippen LogP contribution in [0.4, 0.5) is 0 Å². The van der Waals surface area contributed by atoms with E-state index in [1.807, 2.05) is 77.5 Å². The van der Waals surface area contributed by atoms with Crippen molar-refractivity contribution in [3.63, 3.8) is 0 Å². The zero-order chi connectivity index (χ0) is 25.8. The van der Waals surface area contributed by atoms with Crippen molar-refractivity contribution in [1.29, 1.82) is 0 Å². The average Bonchev–Trinajstić information content (AvgIpc) is 3.40. The van der Waals surface area contributed by atoms with Crippen LogP contribution in [-0.2, 0) is 16.6 Å². The third kappa shape index (κ3) is 4.54. The SMILES string of the molecule is CC(=O)[C@@H](OC(C)(C)C)c1c(C)cc2nc(-c3cnc4c(cnn4C)c3)sc2c1-c1ccc(Cl)cc1. The van der Waals surface area contributed by atoms with Crippen LogP contribution >= 0.6 is 22.9 Å². The van der Waals surface area contributed by atoms with Gasteiger partial charge in [-0.1, -0.05) is 23.7 Å². The maximum atomic E-state index is 12.9. The number of aromatic nitrogens is 4. The maximum Gasteiger partial charge on any atom is 0.163 e. The molecule has 0 aliphatic heterocycles. The summed E-state index contributed by atoms with van der Waals surface area (Å²) >= 11 is 7.80. The zero-order valence-electron chi connectivity index (χ0n) is 21.1. The van der Waals surface area contributed by atoms with E-state index in [0.717, 1.165) is 54.1 Å². The fraction of sp³-hybridized carbons (Fsp3) is 0.286. The number of pyridine rings is 1. The first-order valence-electron chi connectivity index (χ1n) is 11.7. The van der Waals surface area contributed by atoms with Crippen LogP contribution in [0.5, 0.6) is 0 Å². The molecule has 0 bridgehead atoms. The van der Waals surface area contributed by atoms with Crippen molar-refractivity contribution in [2.75, 3.05) is 0 Å². The molecule has 0 saturated carbocycles. The van der Waals surface area contributed by atoms with E-state index in [9.17, 15) is 4.79 Å². The molecule has 0 unspecified atom stereocenters. The van der Waals surface area contributed by atoms with E-state index in [-0.39, 0.29) is 5.78 Å². The van der Waals surface area contributed by atoms with Gasteiger partial charge in [0.2, 0.25) is 0 Å². The van der Waals surface area contributed by atoms with Crippen LogP contribution in [0.15, 0.2) is 48.8 Å². The fourth-order valence-corrected chi connectivity index (χ4v) is 5.67. The van der Waals surface area contributed by atoms with Gasteiger partial charge in [-0.3, -0.25) is 9.48 Å². The van der Waals surface area contributed by atoms with Gasteiger partial charge in [0.1, 0.15) is 11.1 Å². The number of benzene rings is 2. The normalized spacial score (nSPS) is 13.0. The molecule has 2 aromatic carbocycles. The van der Waals surface area contributed by atoms with Crippen molar-refractivity contribution < 1.29 is 9.53 Å². The summed E-state index contributed by atoms with van der Waals surface area (Å²) in [5.41, 5.74) is 5.84. The lowest BCUT2D eigenvalue weighted by Gasteiger charge is -2.29. The highest BCUT2D eigenvalue weighted by Gasteiger charge is 2.30. The first-order chi connectivity index (χ1) is 17.0. The van der Waals surface area contributed by atoms with E-state index in [1.54, 1.807) is 22.9 Å². The molecule has 3 heterocycles. The quantitative estimate of drug-likeness (QED) is 0.244. The largest absolute Gasteiger partial charge is 0.360 e. The van der Waals surface area contributed by atoms with Gasteiger partial charge in [-0.15, -0.1) is 11.3 Å². The van der Waals surface area contributed by atoms with Crippen LogP contribution < -0.4 is 0 Å². The summed E-state index contributed by atoms with van der Waals surface area (Å²) in [6.07, 6.45) is 2.93. The van der Waals surface area contributed by atoms with Gasteiger partial charge in [-0.2, -0.15) is 5.10 Å². The summed E-state index contributed by atoms with van der Waals surface area (Å²) in [6, 6.07) is 11.8. The minimum atomic E-state index is -0.709. The van der Waals surface area contributed by atoms with Crippen molar-refractivity contribution in [1.82, 2.24) is 19.7 Å². The second-order valence-electron chi connectivity index (χ2n) is 9.98. The van der Waals surface area contributed by atoms with Gasteiger partial charge in [0.25, 0.3) is 0 Å². The number of ketones is 1. The predicted octanol–water partition coefficient (Wildman–Crippen LogP) is 7.32. The minimum Gasteiger partial charge on any atom is -0.360 e. The van der Waals surface area contributed by atoms with E-state index in [1.165, 1.54) is 0 Å². The number of halogens is 1. The number of nitrogens with zero attached hydrogens (tertiary/aromatic N) is 4. The number of hydrogen-bond donors (Lipinski definition) is 0. The van der Waals surface area contributed by atoms with Crippen LogP contribution in [0.25, 0.3) is 42.9 Å². The molecule has 0 aliphatic rings. The highest BCUT2D eigenvalue weighted by Crippen LogP contribution is 2.44. The number of thiazole rings is 1. The monoisotopic (exact) mass is 518 g/mol. The molecule has 0 saturated heterocycles. The third-order valence-electron chi connectivity index (χ3n) is 5.98. The second kappa shape index (κ2) is 9.07. The molecule has 5 rings (SSSR count). The van der Waals surface area contributed by atoms with Crippen LogP contribution in [0.2, 0.25) is 5.02 Å². The first-order valence-corrected chi connectivity index (χ1v) is 12.9. The molecule has 36 heavy (non-hydrogen) atoms. The topological polar surface area (TPSA) is 69.9 Å². The lowest BCUT2D eigenvalue weighted by molar-refractivity contribution is -0.138. The Labute approximate surface area is 218 Å². The number of fused-ring (bicyclic) bond motifs is 2. The molecule has 0 amide bonds. The van der Waals surface area contributed by atoms with Crippen molar-refractivity contribution in [3.8, 4) is 21.7 Å². The number of aryl methyl sites for hydroxylation is 2. The van der Waals surface area contributed by atoms with Gasteiger partial charge in [0.15, 0.2) is 11.4 Å². The highest BCUT2D eigenvalue weighted by molar-refractivity contribution is 7.22. The van der Waals surface area contributed by atoms with E-state index in [0.29, 0.717) is 5.02 Å². The number of carbonyl (C=O) groups is 1. The molecule has 0 N–H and O–H groups in total. The summed E-state index contributed by atoms with van der Waals surface area (Å²) in [5.74, 6) is -0.0430. The van der Waals surface area contributed by atoms with Crippen LogP contribution in [0, 0.1) is 6.92 Å². The first kappa shape index (κ1) is 24.6. The Kier molecular flexibility index (Phi) is 6.19. The van der Waals surface area contributed by atoms with Crippen molar-refractivity contribution in [3.05, 3.63) is 64.9 Å². The molecule has 0 aliphatic carbocycles. The smallest absolute Gasteiger partial charge is 0.163 e. The Balaban J connectivity index is 1.78. The highest BCUT2D eigenvalue weighted by atomic mass is 35.5. The number of carbonyl (C=O) groups excluding carboxylic acids is 1. The van der Waals surface area contributed by atoms with E-state index in [4.69, 9.17) is 21.3 Å². The van der Waals surface area contributed by atoms with Gasteiger partial charge in [0.05, 0.1) is 22.0 Å². The molecule has 0 spiro atoms. The van der Waals surface area contributed by atoms with Gasteiger partial charge < -0.3 is 4.74 Å². The summed E-state index contributed by atoms with van der Waals surface area (Å²) in [5, 5.41) is 6.77. The molecule has 0 fully saturated rings. The van der Waals surface area contributed by atoms with Crippen LogP contribution in [0.3, 0.4) is 0 Å². The summed E-state index contributed by atoms with van der Waals surface area (Å²) in [4.78, 5) is 22.5. The van der Waals surface area contributed by atoms with E-state index < -0.39 is 11.7 Å². The van der Waals surface area contributed by atoms with E-state index in [2.05, 4.69) is 16.1 Å². The molecule has 184 valence electrons. The van der Waals surface area contributed by atoms with Gasteiger partial charge >= 0.3 is 0 Å². The molecular formula is C28H27ClN4O2S. The van der Waals surface area contributed by atoms with Crippen LogP contribution in [-0.4, -0.2) is 31.1 Å². The third-order valence-corrected chi connectivity index (χ3v) is 7.37. The number of Topliss-reactive ketones (excluding diaryl/α,β-unsaturated/α-hetero) is 1. The zero-order valence-corrected chi connectivity index (χ0v) is 22.7. The molecule has 0 radical (unpaired) electrons. The summed E-state index contributed by atoms with van der Waals surface area (Å²) in [7, 11) is 1.88. The Morgan fingerprint density at radius 3 is 2.50 bits per heavy atom. The van der Waals surface area contributed by atoms with Crippen molar-refractivity contribution >= 4 is 50.0 Å². The Morgan fingerprint density at radius 2 is 1.83 bits per heavy atom. The number of rotatable bonds is 5. The van der Waals surface area contributed by atoms with Gasteiger partial charge in [-0.25, -0.2) is 9.97 Å². The van der Waals surface area contributed by atoms with Crippen molar-refractivity contribution in [2.45, 2.75) is 46.3 Å². The predicted molar refractivity (Wildman–Crippen MR) is 147 cm³/mol. The average molecular weight is 519 g/mol. The fourth-order valence-electron chi connectivity index (χ4n) is 4.43. The molecule has 3 aromatic heterocycles. The number of hydrogen-bond acceptors (Lipinski definition) is 6. The number of ether oxygens (including phenoxy) is 1. The second-order valence-corrected chi connectivity index (χ2v) is 11.4.